The van der Waals surface area contributed by atoms with Crippen LogP contribution in [0.4, 0.5) is 4.39 Å². The van der Waals surface area contributed by atoms with E-state index < -0.39 is 6.04 Å². The summed E-state index contributed by atoms with van der Waals surface area (Å²) < 4.78 is 15.7. The van der Waals surface area contributed by atoms with Crippen LogP contribution in [-0.2, 0) is 18.3 Å². The number of halogens is 1. The number of aryl methyl sites for hydroxylation is 1. The Bertz CT molecular complexity index is 1390. The van der Waals surface area contributed by atoms with Gasteiger partial charge in [0.15, 0.2) is 0 Å². The van der Waals surface area contributed by atoms with Gasteiger partial charge in [-0.05, 0) is 41.5 Å². The summed E-state index contributed by atoms with van der Waals surface area (Å²) in [4.78, 5) is 21.0. The maximum atomic E-state index is 13.7. The summed E-state index contributed by atoms with van der Waals surface area (Å²) in [5.74, 6) is 0.271. The number of rotatable bonds is 5. The van der Waals surface area contributed by atoms with Crippen molar-refractivity contribution in [3.05, 3.63) is 102 Å². The molecule has 154 valence electrons. The SMILES string of the molecule is Cn1c(C(NC(=O)Cc2c[nH]c3ccc(F)cc23)c2ccccc2)nc2ccccc21. The first-order valence-electron chi connectivity index (χ1n) is 10.1. The Hall–Kier alpha value is -3.93. The van der Waals surface area contributed by atoms with E-state index in [4.69, 9.17) is 4.98 Å². The molecule has 2 N–H and O–H groups in total. The molecule has 0 saturated heterocycles. The molecule has 0 fully saturated rings. The molecule has 0 aliphatic carbocycles. The van der Waals surface area contributed by atoms with Gasteiger partial charge in [0.1, 0.15) is 17.7 Å². The van der Waals surface area contributed by atoms with E-state index >= 15 is 0 Å². The van der Waals surface area contributed by atoms with Crippen molar-refractivity contribution in [2.75, 3.05) is 0 Å². The number of para-hydroxylation sites is 2. The van der Waals surface area contributed by atoms with Gasteiger partial charge in [-0.25, -0.2) is 9.37 Å². The van der Waals surface area contributed by atoms with Gasteiger partial charge in [0.2, 0.25) is 5.91 Å². The Kier molecular flexibility index (Phi) is 4.75. The number of hydrogen-bond acceptors (Lipinski definition) is 2. The van der Waals surface area contributed by atoms with Gasteiger partial charge in [0.05, 0.1) is 17.5 Å². The molecule has 0 bridgehead atoms. The minimum Gasteiger partial charge on any atom is -0.361 e. The van der Waals surface area contributed by atoms with Crippen molar-refractivity contribution in [3.8, 4) is 0 Å². The van der Waals surface area contributed by atoms with Crippen LogP contribution in [0, 0.1) is 5.82 Å². The molecule has 5 nitrogen and oxygen atoms in total. The Balaban J connectivity index is 1.49. The van der Waals surface area contributed by atoms with Gasteiger partial charge in [-0.15, -0.1) is 0 Å². The monoisotopic (exact) mass is 412 g/mol. The number of benzene rings is 3. The third-order valence-corrected chi connectivity index (χ3v) is 5.60. The zero-order valence-corrected chi connectivity index (χ0v) is 17.0. The van der Waals surface area contributed by atoms with E-state index in [0.29, 0.717) is 5.39 Å². The number of H-pyrrole nitrogens is 1. The summed E-state index contributed by atoms with van der Waals surface area (Å²) in [7, 11) is 1.95. The highest BCUT2D eigenvalue weighted by Crippen LogP contribution is 2.26. The van der Waals surface area contributed by atoms with Crippen molar-refractivity contribution in [2.24, 2.45) is 7.05 Å². The molecule has 5 rings (SSSR count). The molecule has 31 heavy (non-hydrogen) atoms. The van der Waals surface area contributed by atoms with Crippen molar-refractivity contribution < 1.29 is 9.18 Å². The average Bonchev–Trinajstić information content (AvgIpc) is 3.33. The Morgan fingerprint density at radius 1 is 1.10 bits per heavy atom. The molecule has 6 heteroatoms. The number of nitrogens with one attached hydrogen (secondary N) is 2. The molecule has 2 aromatic heterocycles. The third-order valence-electron chi connectivity index (χ3n) is 5.60. The molecule has 0 saturated carbocycles. The second-order valence-electron chi connectivity index (χ2n) is 7.61. The van der Waals surface area contributed by atoms with Crippen LogP contribution in [0.1, 0.15) is 23.0 Å². The average molecular weight is 412 g/mol. The molecule has 0 radical (unpaired) electrons. The molecule has 0 aliphatic heterocycles. The quantitative estimate of drug-likeness (QED) is 0.442. The van der Waals surface area contributed by atoms with E-state index in [1.54, 1.807) is 12.3 Å². The zero-order valence-electron chi connectivity index (χ0n) is 17.0. The van der Waals surface area contributed by atoms with E-state index in [1.807, 2.05) is 66.2 Å². The summed E-state index contributed by atoms with van der Waals surface area (Å²) >= 11 is 0. The van der Waals surface area contributed by atoms with E-state index in [-0.39, 0.29) is 18.1 Å². The zero-order chi connectivity index (χ0) is 21.4. The fourth-order valence-corrected chi connectivity index (χ4v) is 4.05. The van der Waals surface area contributed by atoms with Crippen LogP contribution >= 0.6 is 0 Å². The second-order valence-corrected chi connectivity index (χ2v) is 7.61. The van der Waals surface area contributed by atoms with E-state index in [1.165, 1.54) is 12.1 Å². The highest BCUT2D eigenvalue weighted by Gasteiger charge is 2.23. The normalized spacial score (nSPS) is 12.3. The first-order chi connectivity index (χ1) is 15.1. The lowest BCUT2D eigenvalue weighted by molar-refractivity contribution is -0.121. The van der Waals surface area contributed by atoms with Gasteiger partial charge in [-0.1, -0.05) is 42.5 Å². The van der Waals surface area contributed by atoms with Gasteiger partial charge in [0.25, 0.3) is 0 Å². The van der Waals surface area contributed by atoms with Crippen molar-refractivity contribution in [1.29, 1.82) is 0 Å². The highest BCUT2D eigenvalue weighted by atomic mass is 19.1. The minimum atomic E-state index is -0.409. The number of hydrogen-bond donors (Lipinski definition) is 2. The number of carbonyl (C=O) groups excluding carboxylic acids is 1. The van der Waals surface area contributed by atoms with Crippen LogP contribution in [0.3, 0.4) is 0 Å². The van der Waals surface area contributed by atoms with Crippen LogP contribution in [0.15, 0.2) is 79.0 Å². The van der Waals surface area contributed by atoms with Gasteiger partial charge in [0, 0.05) is 24.1 Å². The topological polar surface area (TPSA) is 62.7 Å². The van der Waals surface area contributed by atoms with Crippen LogP contribution in [0.2, 0.25) is 0 Å². The maximum absolute atomic E-state index is 13.7. The van der Waals surface area contributed by atoms with E-state index in [9.17, 15) is 9.18 Å². The Labute approximate surface area is 178 Å². The number of aromatic nitrogens is 3. The van der Waals surface area contributed by atoms with E-state index in [0.717, 1.165) is 33.5 Å². The molecular formula is C25H21FN4O. The molecule has 2 heterocycles. The van der Waals surface area contributed by atoms with Crippen molar-refractivity contribution in [1.82, 2.24) is 19.9 Å². The van der Waals surface area contributed by atoms with Crippen molar-refractivity contribution in [3.63, 3.8) is 0 Å². The minimum absolute atomic E-state index is 0.136. The smallest absolute Gasteiger partial charge is 0.225 e. The van der Waals surface area contributed by atoms with Crippen LogP contribution in [0.5, 0.6) is 0 Å². The number of imidazole rings is 1. The Morgan fingerprint density at radius 2 is 1.87 bits per heavy atom. The predicted molar refractivity (Wildman–Crippen MR) is 119 cm³/mol. The van der Waals surface area contributed by atoms with Crippen LogP contribution < -0.4 is 5.32 Å². The lowest BCUT2D eigenvalue weighted by Crippen LogP contribution is -2.32. The summed E-state index contributed by atoms with van der Waals surface area (Å²) in [5.41, 5.74) is 4.38. The molecule has 0 aliphatic rings. The molecule has 1 amide bonds. The highest BCUT2D eigenvalue weighted by molar-refractivity contribution is 5.89. The summed E-state index contributed by atoms with van der Waals surface area (Å²) in [6.07, 6.45) is 1.90. The number of carbonyl (C=O) groups is 1. The van der Waals surface area contributed by atoms with Gasteiger partial charge < -0.3 is 14.9 Å². The maximum Gasteiger partial charge on any atom is 0.225 e. The second kappa shape index (κ2) is 7.72. The first kappa shape index (κ1) is 19.1. The number of nitrogens with zero attached hydrogens (tertiary/aromatic N) is 2. The number of amides is 1. The molecule has 0 spiro atoms. The summed E-state index contributed by atoms with van der Waals surface area (Å²) in [6, 6.07) is 21.8. The van der Waals surface area contributed by atoms with Crippen LogP contribution in [-0.4, -0.2) is 20.4 Å². The number of fused-ring (bicyclic) bond motifs is 2. The standard InChI is InChI=1S/C25H21FN4O/c1-30-22-10-6-5-9-21(22)28-25(30)24(16-7-3-2-4-8-16)29-23(31)13-17-15-27-20-12-11-18(26)14-19(17)20/h2-12,14-15,24,27H,13H2,1H3,(H,29,31). The first-order valence-corrected chi connectivity index (χ1v) is 10.1. The van der Waals surface area contributed by atoms with Crippen molar-refractivity contribution in [2.45, 2.75) is 12.5 Å². The largest absolute Gasteiger partial charge is 0.361 e. The fourth-order valence-electron chi connectivity index (χ4n) is 4.05. The summed E-state index contributed by atoms with van der Waals surface area (Å²) in [6.45, 7) is 0. The number of aromatic amines is 1. The Morgan fingerprint density at radius 3 is 2.68 bits per heavy atom. The molecular weight excluding hydrogens is 391 g/mol. The third kappa shape index (κ3) is 3.57. The molecule has 1 unspecified atom stereocenters. The predicted octanol–water partition coefficient (Wildman–Crippen LogP) is 4.64. The molecule has 3 aromatic carbocycles. The lowest BCUT2D eigenvalue weighted by atomic mass is 10.0. The van der Waals surface area contributed by atoms with Crippen molar-refractivity contribution >= 4 is 27.8 Å². The lowest BCUT2D eigenvalue weighted by Gasteiger charge is -2.19. The molecule has 5 aromatic rings. The fraction of sp³-hybridized carbons (Fsp3) is 0.120. The molecule has 1 atom stereocenters. The van der Waals surface area contributed by atoms with Gasteiger partial charge in [-0.3, -0.25) is 4.79 Å². The van der Waals surface area contributed by atoms with Gasteiger partial charge >= 0.3 is 0 Å². The summed E-state index contributed by atoms with van der Waals surface area (Å²) in [5, 5.41) is 3.86. The van der Waals surface area contributed by atoms with Gasteiger partial charge in [-0.2, -0.15) is 0 Å². The van der Waals surface area contributed by atoms with E-state index in [2.05, 4.69) is 10.3 Å². The van der Waals surface area contributed by atoms with Crippen LogP contribution in [0.25, 0.3) is 21.9 Å².